The monoisotopic (exact) mass is 338 g/mol. The van der Waals surface area contributed by atoms with E-state index >= 15 is 0 Å². The number of ether oxygens (including phenoxy) is 1. The van der Waals surface area contributed by atoms with Crippen molar-refractivity contribution in [2.45, 2.75) is 0 Å². The fourth-order valence-electron chi connectivity index (χ4n) is 1.70. The number of benzene rings is 2. The van der Waals surface area contributed by atoms with E-state index in [0.717, 1.165) is 0 Å². The van der Waals surface area contributed by atoms with Crippen molar-refractivity contribution in [2.24, 2.45) is 5.73 Å². The van der Waals surface area contributed by atoms with Crippen LogP contribution in [0.1, 0.15) is 10.4 Å². The Bertz CT molecular complexity index is 720. The third-order valence-corrected chi connectivity index (χ3v) is 3.42. The third kappa shape index (κ3) is 4.13. The Morgan fingerprint density at radius 3 is 2.50 bits per heavy atom. The Morgan fingerprint density at radius 2 is 1.82 bits per heavy atom. The predicted molar refractivity (Wildman–Crippen MR) is 85.5 cm³/mol. The number of hydrogen-bond donors (Lipinski definition) is 2. The van der Waals surface area contributed by atoms with E-state index in [9.17, 15) is 9.59 Å². The van der Waals surface area contributed by atoms with Gasteiger partial charge in [0.05, 0.1) is 15.6 Å². The summed E-state index contributed by atoms with van der Waals surface area (Å²) in [6, 6.07) is 11.3. The van der Waals surface area contributed by atoms with Crippen molar-refractivity contribution in [2.75, 3.05) is 11.9 Å². The largest absolute Gasteiger partial charge is 0.483 e. The Morgan fingerprint density at radius 1 is 1.09 bits per heavy atom. The van der Waals surface area contributed by atoms with Gasteiger partial charge in [0.2, 0.25) is 0 Å². The smallest absolute Gasteiger partial charge is 0.259 e. The van der Waals surface area contributed by atoms with E-state index in [1.54, 1.807) is 36.4 Å². The summed E-state index contributed by atoms with van der Waals surface area (Å²) < 4.78 is 5.22. The minimum atomic E-state index is -0.625. The number of halogens is 2. The van der Waals surface area contributed by atoms with Crippen molar-refractivity contribution < 1.29 is 14.3 Å². The molecule has 5 nitrogen and oxygen atoms in total. The Balaban J connectivity index is 2.18. The molecule has 0 bridgehead atoms. The lowest BCUT2D eigenvalue weighted by molar-refractivity contribution is -0.119. The van der Waals surface area contributed by atoms with Gasteiger partial charge in [0.15, 0.2) is 6.61 Å². The van der Waals surface area contributed by atoms with Crippen molar-refractivity contribution in [1.29, 1.82) is 0 Å². The summed E-state index contributed by atoms with van der Waals surface area (Å²) in [5.74, 6) is -0.767. The van der Waals surface area contributed by atoms with Crippen molar-refractivity contribution in [3.63, 3.8) is 0 Å². The van der Waals surface area contributed by atoms with Crippen LogP contribution in [0.4, 0.5) is 5.69 Å². The number of nitrogens with one attached hydrogen (secondary N) is 1. The molecule has 0 fully saturated rings. The molecule has 2 rings (SSSR count). The average Bonchev–Trinajstić information content (AvgIpc) is 2.49. The molecule has 2 amide bonds. The van der Waals surface area contributed by atoms with Crippen LogP contribution in [0.25, 0.3) is 0 Å². The quantitative estimate of drug-likeness (QED) is 0.878. The van der Waals surface area contributed by atoms with Gasteiger partial charge >= 0.3 is 0 Å². The normalized spacial score (nSPS) is 10.1. The van der Waals surface area contributed by atoms with Crippen LogP contribution >= 0.6 is 23.2 Å². The first-order valence-electron chi connectivity index (χ1n) is 6.24. The number of carbonyl (C=O) groups is 2. The molecule has 0 radical (unpaired) electrons. The lowest BCUT2D eigenvalue weighted by atomic mass is 10.2. The summed E-state index contributed by atoms with van der Waals surface area (Å²) in [4.78, 5) is 23.1. The van der Waals surface area contributed by atoms with Gasteiger partial charge in [0, 0.05) is 5.69 Å². The third-order valence-electron chi connectivity index (χ3n) is 2.68. The Hall–Kier alpha value is -2.24. The summed E-state index contributed by atoms with van der Waals surface area (Å²) >= 11 is 11.7. The minimum Gasteiger partial charge on any atom is -0.483 e. The van der Waals surface area contributed by atoms with Crippen LogP contribution in [0.15, 0.2) is 42.5 Å². The Labute approximate surface area is 137 Å². The van der Waals surface area contributed by atoms with E-state index < -0.39 is 11.8 Å². The predicted octanol–water partition coefficient (Wildman–Crippen LogP) is 3.11. The number of amides is 2. The molecule has 7 heteroatoms. The number of nitrogens with two attached hydrogens (primary N) is 1. The highest BCUT2D eigenvalue weighted by Crippen LogP contribution is 2.26. The molecule has 0 heterocycles. The topological polar surface area (TPSA) is 81.4 Å². The zero-order chi connectivity index (χ0) is 16.1. The van der Waals surface area contributed by atoms with Gasteiger partial charge < -0.3 is 15.8 Å². The first-order valence-corrected chi connectivity index (χ1v) is 6.99. The first kappa shape index (κ1) is 16.1. The molecule has 0 saturated carbocycles. The van der Waals surface area contributed by atoms with E-state index in [-0.39, 0.29) is 17.9 Å². The molecule has 114 valence electrons. The molecule has 0 aliphatic rings. The fraction of sp³-hybridized carbons (Fsp3) is 0.0667. The van der Waals surface area contributed by atoms with Crippen molar-refractivity contribution in [3.05, 3.63) is 58.1 Å². The average molecular weight is 339 g/mol. The van der Waals surface area contributed by atoms with E-state index in [0.29, 0.717) is 15.7 Å². The highest BCUT2D eigenvalue weighted by atomic mass is 35.5. The number of primary amides is 1. The maximum atomic E-state index is 12.3. The zero-order valence-corrected chi connectivity index (χ0v) is 12.8. The second-order valence-electron chi connectivity index (χ2n) is 4.33. The molecule has 22 heavy (non-hydrogen) atoms. The van der Waals surface area contributed by atoms with Crippen molar-refractivity contribution >= 4 is 40.7 Å². The van der Waals surface area contributed by atoms with Crippen molar-refractivity contribution in [1.82, 2.24) is 0 Å². The minimum absolute atomic E-state index is 0.263. The summed E-state index contributed by atoms with van der Waals surface area (Å²) in [6.07, 6.45) is 0. The van der Waals surface area contributed by atoms with Crippen LogP contribution in [0, 0.1) is 0 Å². The molecule has 0 saturated heterocycles. The van der Waals surface area contributed by atoms with Crippen LogP contribution < -0.4 is 15.8 Å². The van der Waals surface area contributed by atoms with Crippen LogP contribution in [-0.2, 0) is 4.79 Å². The van der Waals surface area contributed by atoms with E-state index in [4.69, 9.17) is 33.7 Å². The molecule has 0 aromatic heterocycles. The van der Waals surface area contributed by atoms with Gasteiger partial charge in [0.1, 0.15) is 5.75 Å². The second kappa shape index (κ2) is 7.15. The van der Waals surface area contributed by atoms with Gasteiger partial charge in [0.25, 0.3) is 11.8 Å². The molecule has 3 N–H and O–H groups in total. The number of anilines is 1. The summed E-state index contributed by atoms with van der Waals surface area (Å²) in [5.41, 5.74) is 5.79. The first-order chi connectivity index (χ1) is 10.5. The SMILES string of the molecule is NC(=O)COc1ccccc1C(=O)Nc1ccc(Cl)c(Cl)c1. The molecule has 0 aliphatic carbocycles. The van der Waals surface area contributed by atoms with Crippen molar-refractivity contribution in [3.8, 4) is 5.75 Å². The highest BCUT2D eigenvalue weighted by molar-refractivity contribution is 6.42. The van der Waals surface area contributed by atoms with E-state index in [2.05, 4.69) is 5.32 Å². The maximum absolute atomic E-state index is 12.3. The maximum Gasteiger partial charge on any atom is 0.259 e. The molecule has 2 aromatic carbocycles. The lowest BCUT2D eigenvalue weighted by Gasteiger charge is -2.11. The summed E-state index contributed by atoms with van der Waals surface area (Å²) in [5, 5.41) is 3.40. The molecule has 0 unspecified atom stereocenters. The number of para-hydroxylation sites is 1. The van der Waals surface area contributed by atoms with E-state index in [1.165, 1.54) is 6.07 Å². The van der Waals surface area contributed by atoms with Gasteiger partial charge in [-0.15, -0.1) is 0 Å². The van der Waals surface area contributed by atoms with E-state index in [1.807, 2.05) is 0 Å². The summed E-state index contributed by atoms with van der Waals surface area (Å²) in [6.45, 7) is -0.308. The lowest BCUT2D eigenvalue weighted by Crippen LogP contribution is -2.21. The number of rotatable bonds is 5. The van der Waals surface area contributed by atoms with Gasteiger partial charge in [-0.05, 0) is 30.3 Å². The van der Waals surface area contributed by atoms with Gasteiger partial charge in [-0.2, -0.15) is 0 Å². The van der Waals surface area contributed by atoms with Crippen LogP contribution in [-0.4, -0.2) is 18.4 Å². The van der Waals surface area contributed by atoms with Crippen LogP contribution in [0.2, 0.25) is 10.0 Å². The second-order valence-corrected chi connectivity index (χ2v) is 5.15. The van der Waals surface area contributed by atoms with Gasteiger partial charge in [-0.25, -0.2) is 0 Å². The zero-order valence-electron chi connectivity index (χ0n) is 11.3. The molecular weight excluding hydrogens is 327 g/mol. The molecule has 0 atom stereocenters. The molecular formula is C15H12Cl2N2O3. The number of carbonyl (C=O) groups excluding carboxylic acids is 2. The molecule has 0 aliphatic heterocycles. The molecule has 2 aromatic rings. The number of hydrogen-bond acceptors (Lipinski definition) is 3. The Kier molecular flexibility index (Phi) is 5.25. The summed E-state index contributed by atoms with van der Waals surface area (Å²) in [7, 11) is 0. The fourth-order valence-corrected chi connectivity index (χ4v) is 2.00. The van der Waals surface area contributed by atoms with Gasteiger partial charge in [-0.1, -0.05) is 35.3 Å². The van der Waals surface area contributed by atoms with Crippen LogP contribution in [0.5, 0.6) is 5.75 Å². The molecule has 0 spiro atoms. The highest BCUT2D eigenvalue weighted by Gasteiger charge is 2.13. The van der Waals surface area contributed by atoms with Crippen LogP contribution in [0.3, 0.4) is 0 Å². The standard InChI is InChI=1S/C15H12Cl2N2O3/c16-11-6-5-9(7-12(11)17)19-15(21)10-3-1-2-4-13(10)22-8-14(18)20/h1-7H,8H2,(H2,18,20)(H,19,21). The van der Waals surface area contributed by atoms with Gasteiger partial charge in [-0.3, -0.25) is 9.59 Å².